The lowest BCUT2D eigenvalue weighted by Gasteiger charge is -2.14. The number of nitrogens with one attached hydrogen (secondary N) is 1. The predicted molar refractivity (Wildman–Crippen MR) is 67.9 cm³/mol. The second kappa shape index (κ2) is 7.62. The maximum Gasteiger partial charge on any atom is 0.276 e. The molecule has 0 atom stereocenters. The van der Waals surface area contributed by atoms with Crippen LogP contribution in [0.1, 0.15) is 23.8 Å². The molecule has 0 aliphatic carbocycles. The fourth-order valence-electron chi connectivity index (χ4n) is 1.33. The van der Waals surface area contributed by atoms with Gasteiger partial charge in [0.2, 0.25) is 0 Å². The molecule has 1 amide bonds. The molecule has 0 saturated carbocycles. The molecule has 0 aliphatic rings. The molecule has 1 heterocycles. The van der Waals surface area contributed by atoms with Crippen LogP contribution < -0.4 is 5.32 Å². The molecule has 0 bridgehead atoms. The standard InChI is InChI=1S/C12H14N6O/c1-2-7-15-11-4-3-10(16-17-11)12(19)18(8-5-13)9-6-14/h3-4H,2,7-9H2,1H3,(H,15,17). The SMILES string of the molecule is CCCNc1ccc(C(=O)N(CC#N)CC#N)nn1. The summed E-state index contributed by atoms with van der Waals surface area (Å²) >= 11 is 0. The van der Waals surface area contributed by atoms with Gasteiger partial charge in [0.05, 0.1) is 12.1 Å². The van der Waals surface area contributed by atoms with Gasteiger partial charge in [-0.15, -0.1) is 10.2 Å². The summed E-state index contributed by atoms with van der Waals surface area (Å²) in [6, 6.07) is 6.84. The molecule has 0 saturated heterocycles. The zero-order chi connectivity index (χ0) is 14.1. The molecule has 0 unspecified atom stereocenters. The molecule has 98 valence electrons. The van der Waals surface area contributed by atoms with Crippen LogP contribution in [0.25, 0.3) is 0 Å². The number of carbonyl (C=O) groups excluding carboxylic acids is 1. The maximum atomic E-state index is 12.0. The first-order valence-electron chi connectivity index (χ1n) is 5.83. The molecule has 7 nitrogen and oxygen atoms in total. The molecule has 1 rings (SSSR count). The van der Waals surface area contributed by atoms with E-state index in [1.165, 1.54) is 6.07 Å². The topological polar surface area (TPSA) is 106 Å². The summed E-state index contributed by atoms with van der Waals surface area (Å²) in [5.74, 6) is 0.114. The van der Waals surface area contributed by atoms with Gasteiger partial charge in [-0.05, 0) is 18.6 Å². The largest absolute Gasteiger partial charge is 0.369 e. The summed E-state index contributed by atoms with van der Waals surface area (Å²) in [5, 5.41) is 27.9. The lowest BCUT2D eigenvalue weighted by atomic mass is 10.3. The van der Waals surface area contributed by atoms with Gasteiger partial charge >= 0.3 is 0 Å². The van der Waals surface area contributed by atoms with E-state index in [9.17, 15) is 4.79 Å². The molecule has 1 aromatic rings. The van der Waals surface area contributed by atoms with Crippen LogP contribution in [0.5, 0.6) is 0 Å². The normalized spacial score (nSPS) is 9.21. The smallest absolute Gasteiger partial charge is 0.276 e. The minimum absolute atomic E-state index is 0.118. The Kier molecular flexibility index (Phi) is 5.77. The van der Waals surface area contributed by atoms with Gasteiger partial charge < -0.3 is 10.2 Å². The summed E-state index contributed by atoms with van der Waals surface area (Å²) in [6.07, 6.45) is 0.959. The van der Waals surface area contributed by atoms with Crippen molar-refractivity contribution in [3.05, 3.63) is 17.8 Å². The molecule has 1 aromatic heterocycles. The van der Waals surface area contributed by atoms with Gasteiger partial charge in [-0.1, -0.05) is 6.92 Å². The van der Waals surface area contributed by atoms with Crippen LogP contribution in [0.3, 0.4) is 0 Å². The third kappa shape index (κ3) is 4.25. The van der Waals surface area contributed by atoms with Crippen LogP contribution >= 0.6 is 0 Å². The van der Waals surface area contributed by atoms with Crippen LogP contribution in [0.15, 0.2) is 12.1 Å². The minimum atomic E-state index is -0.474. The average molecular weight is 258 g/mol. The van der Waals surface area contributed by atoms with Gasteiger partial charge in [-0.2, -0.15) is 10.5 Å². The van der Waals surface area contributed by atoms with E-state index in [1.807, 2.05) is 19.1 Å². The Labute approximate surface area is 111 Å². The van der Waals surface area contributed by atoms with Crippen molar-refractivity contribution in [2.75, 3.05) is 25.0 Å². The van der Waals surface area contributed by atoms with Crippen LogP contribution in [0, 0.1) is 22.7 Å². The summed E-state index contributed by atoms with van der Waals surface area (Å²) in [7, 11) is 0. The highest BCUT2D eigenvalue weighted by atomic mass is 16.2. The number of hydrogen-bond acceptors (Lipinski definition) is 6. The Morgan fingerprint density at radius 3 is 2.47 bits per heavy atom. The quantitative estimate of drug-likeness (QED) is 0.756. The highest BCUT2D eigenvalue weighted by molar-refractivity contribution is 5.92. The van der Waals surface area contributed by atoms with Crippen molar-refractivity contribution in [1.82, 2.24) is 15.1 Å². The van der Waals surface area contributed by atoms with Crippen LogP contribution in [-0.2, 0) is 0 Å². The summed E-state index contributed by atoms with van der Waals surface area (Å²) < 4.78 is 0. The van der Waals surface area contributed by atoms with E-state index in [0.717, 1.165) is 17.9 Å². The second-order valence-electron chi connectivity index (χ2n) is 3.71. The monoisotopic (exact) mass is 258 g/mol. The molecule has 19 heavy (non-hydrogen) atoms. The molecule has 1 N–H and O–H groups in total. The highest BCUT2D eigenvalue weighted by Crippen LogP contribution is 2.05. The van der Waals surface area contributed by atoms with Gasteiger partial charge in [0, 0.05) is 6.54 Å². The molecule has 0 fully saturated rings. The van der Waals surface area contributed by atoms with Gasteiger partial charge in [0.15, 0.2) is 5.69 Å². The molecule has 7 heteroatoms. The van der Waals surface area contributed by atoms with Crippen molar-refractivity contribution < 1.29 is 4.79 Å². The van der Waals surface area contributed by atoms with E-state index in [4.69, 9.17) is 10.5 Å². The van der Waals surface area contributed by atoms with Crippen molar-refractivity contribution in [2.24, 2.45) is 0 Å². The number of aromatic nitrogens is 2. The molecular formula is C12H14N6O. The fraction of sp³-hybridized carbons (Fsp3) is 0.417. The first-order chi connectivity index (χ1) is 9.22. The van der Waals surface area contributed by atoms with Crippen molar-refractivity contribution in [1.29, 1.82) is 10.5 Å². The maximum absolute atomic E-state index is 12.0. The van der Waals surface area contributed by atoms with Crippen molar-refractivity contribution in [3.8, 4) is 12.1 Å². The first-order valence-corrected chi connectivity index (χ1v) is 5.83. The number of anilines is 1. The third-order valence-electron chi connectivity index (χ3n) is 2.25. The molecular weight excluding hydrogens is 244 g/mol. The van der Waals surface area contributed by atoms with Gasteiger partial charge in [0.1, 0.15) is 18.9 Å². The van der Waals surface area contributed by atoms with Crippen LogP contribution in [0.2, 0.25) is 0 Å². The van der Waals surface area contributed by atoms with Gasteiger partial charge in [-0.3, -0.25) is 4.79 Å². The average Bonchev–Trinajstić information content (AvgIpc) is 2.44. The zero-order valence-corrected chi connectivity index (χ0v) is 10.6. The highest BCUT2D eigenvalue weighted by Gasteiger charge is 2.16. The summed E-state index contributed by atoms with van der Waals surface area (Å²) in [6.45, 7) is 2.50. The van der Waals surface area contributed by atoms with E-state index >= 15 is 0 Å². The molecule has 0 aliphatic heterocycles. The minimum Gasteiger partial charge on any atom is -0.369 e. The van der Waals surface area contributed by atoms with E-state index in [2.05, 4.69) is 15.5 Å². The zero-order valence-electron chi connectivity index (χ0n) is 10.6. The summed E-state index contributed by atoms with van der Waals surface area (Å²) in [5.41, 5.74) is 0.118. The molecule has 0 aromatic carbocycles. The number of nitriles is 2. The lowest BCUT2D eigenvalue weighted by molar-refractivity contribution is 0.0788. The Morgan fingerprint density at radius 2 is 2.00 bits per heavy atom. The number of nitrogens with zero attached hydrogens (tertiary/aromatic N) is 5. The Bertz CT molecular complexity index is 482. The predicted octanol–water partition coefficient (Wildman–Crippen LogP) is 0.788. The Balaban J connectivity index is 2.76. The van der Waals surface area contributed by atoms with E-state index in [-0.39, 0.29) is 18.8 Å². The van der Waals surface area contributed by atoms with Crippen molar-refractivity contribution in [2.45, 2.75) is 13.3 Å². The van der Waals surface area contributed by atoms with Crippen molar-refractivity contribution in [3.63, 3.8) is 0 Å². The van der Waals surface area contributed by atoms with E-state index in [1.54, 1.807) is 6.07 Å². The fourth-order valence-corrected chi connectivity index (χ4v) is 1.33. The van der Waals surface area contributed by atoms with E-state index in [0.29, 0.717) is 5.82 Å². The first kappa shape index (κ1) is 14.4. The van der Waals surface area contributed by atoms with Crippen LogP contribution in [0.4, 0.5) is 5.82 Å². The third-order valence-corrected chi connectivity index (χ3v) is 2.25. The number of amides is 1. The summed E-state index contributed by atoms with van der Waals surface area (Å²) in [4.78, 5) is 13.1. The Hall–Kier alpha value is -2.67. The number of hydrogen-bond donors (Lipinski definition) is 1. The van der Waals surface area contributed by atoms with Gasteiger partial charge in [-0.25, -0.2) is 0 Å². The van der Waals surface area contributed by atoms with Crippen molar-refractivity contribution >= 4 is 11.7 Å². The van der Waals surface area contributed by atoms with Crippen LogP contribution in [-0.4, -0.2) is 40.6 Å². The Morgan fingerprint density at radius 1 is 1.32 bits per heavy atom. The number of carbonyl (C=O) groups is 1. The molecule has 0 radical (unpaired) electrons. The second-order valence-corrected chi connectivity index (χ2v) is 3.71. The van der Waals surface area contributed by atoms with Gasteiger partial charge in [0.25, 0.3) is 5.91 Å². The molecule has 0 spiro atoms. The lowest BCUT2D eigenvalue weighted by Crippen LogP contribution is -2.32. The van der Waals surface area contributed by atoms with E-state index < -0.39 is 5.91 Å². The number of rotatable bonds is 6.